The summed E-state index contributed by atoms with van der Waals surface area (Å²) < 4.78 is 10.2. The van der Waals surface area contributed by atoms with Gasteiger partial charge in [-0.25, -0.2) is 0 Å². The van der Waals surface area contributed by atoms with E-state index in [1.54, 1.807) is 12.0 Å². The van der Waals surface area contributed by atoms with Crippen molar-refractivity contribution in [3.63, 3.8) is 0 Å². The number of carboxylic acid groups (broad SMARTS) is 1. The quantitative estimate of drug-likeness (QED) is 0.898. The Morgan fingerprint density at radius 3 is 2.70 bits per heavy atom. The maximum atomic E-state index is 10.7. The highest BCUT2D eigenvalue weighted by Gasteiger charge is 2.35. The van der Waals surface area contributed by atoms with Crippen molar-refractivity contribution in [1.29, 1.82) is 0 Å². The SMILES string of the molecule is COc1ccc(-c2noc(N3CC(C(=O)O)C3)n2)cc1. The van der Waals surface area contributed by atoms with Crippen molar-refractivity contribution in [2.75, 3.05) is 25.1 Å². The van der Waals surface area contributed by atoms with E-state index in [-0.39, 0.29) is 5.92 Å². The highest BCUT2D eigenvalue weighted by atomic mass is 16.5. The number of aliphatic carboxylic acids is 1. The van der Waals surface area contributed by atoms with Crippen molar-refractivity contribution < 1.29 is 19.2 Å². The van der Waals surface area contributed by atoms with E-state index < -0.39 is 5.97 Å². The zero-order chi connectivity index (χ0) is 14.1. The van der Waals surface area contributed by atoms with Crippen molar-refractivity contribution in [3.8, 4) is 17.1 Å². The molecule has 7 heteroatoms. The zero-order valence-electron chi connectivity index (χ0n) is 10.8. The number of ether oxygens (including phenoxy) is 1. The first-order valence-electron chi connectivity index (χ1n) is 6.13. The molecular weight excluding hydrogens is 262 g/mol. The van der Waals surface area contributed by atoms with E-state index in [1.165, 1.54) is 0 Å². The molecule has 1 N–H and O–H groups in total. The van der Waals surface area contributed by atoms with Gasteiger partial charge < -0.3 is 19.3 Å². The van der Waals surface area contributed by atoms with Gasteiger partial charge in [0.2, 0.25) is 5.82 Å². The summed E-state index contributed by atoms with van der Waals surface area (Å²) in [5.74, 6) is 0.0772. The Hall–Kier alpha value is -2.57. The summed E-state index contributed by atoms with van der Waals surface area (Å²) in [5, 5.41) is 12.7. The molecule has 0 atom stereocenters. The minimum absolute atomic E-state index is 0.355. The molecule has 0 saturated carbocycles. The second-order valence-electron chi connectivity index (χ2n) is 4.57. The lowest BCUT2D eigenvalue weighted by Crippen LogP contribution is -2.50. The van der Waals surface area contributed by atoms with Crippen molar-refractivity contribution in [3.05, 3.63) is 24.3 Å². The Kier molecular flexibility index (Phi) is 3.02. The molecule has 104 valence electrons. The smallest absolute Gasteiger partial charge is 0.324 e. The molecule has 0 radical (unpaired) electrons. The number of hydrogen-bond acceptors (Lipinski definition) is 6. The first-order valence-corrected chi connectivity index (χ1v) is 6.13. The average Bonchev–Trinajstić information content (AvgIpc) is 2.86. The van der Waals surface area contributed by atoms with E-state index in [0.717, 1.165) is 11.3 Å². The van der Waals surface area contributed by atoms with Crippen LogP contribution in [0.15, 0.2) is 28.8 Å². The third-order valence-electron chi connectivity index (χ3n) is 3.26. The van der Waals surface area contributed by atoms with Gasteiger partial charge in [0.1, 0.15) is 5.75 Å². The topological polar surface area (TPSA) is 88.7 Å². The Morgan fingerprint density at radius 1 is 1.40 bits per heavy atom. The lowest BCUT2D eigenvalue weighted by atomic mass is 10.0. The fourth-order valence-electron chi connectivity index (χ4n) is 1.99. The minimum Gasteiger partial charge on any atom is -0.497 e. The fourth-order valence-corrected chi connectivity index (χ4v) is 1.99. The fraction of sp³-hybridized carbons (Fsp3) is 0.308. The van der Waals surface area contributed by atoms with E-state index in [9.17, 15) is 4.79 Å². The normalized spacial score (nSPS) is 14.9. The van der Waals surface area contributed by atoms with Crippen LogP contribution in [-0.4, -0.2) is 41.4 Å². The molecule has 20 heavy (non-hydrogen) atoms. The summed E-state index contributed by atoms with van der Waals surface area (Å²) in [5.41, 5.74) is 0.816. The Balaban J connectivity index is 1.72. The molecule has 2 heterocycles. The van der Waals surface area contributed by atoms with E-state index in [4.69, 9.17) is 14.4 Å². The summed E-state index contributed by atoms with van der Waals surface area (Å²) in [4.78, 5) is 16.8. The van der Waals surface area contributed by atoms with Crippen LogP contribution < -0.4 is 9.64 Å². The maximum absolute atomic E-state index is 10.7. The van der Waals surface area contributed by atoms with Gasteiger partial charge in [0.15, 0.2) is 0 Å². The standard InChI is InChI=1S/C13H13N3O4/c1-19-10-4-2-8(3-5-10)11-14-13(20-15-11)16-6-9(7-16)12(17)18/h2-5,9H,6-7H2,1H3,(H,17,18). The summed E-state index contributed by atoms with van der Waals surface area (Å²) in [6.45, 7) is 0.805. The van der Waals surface area contributed by atoms with Gasteiger partial charge in [0.05, 0.1) is 13.0 Å². The van der Waals surface area contributed by atoms with Gasteiger partial charge >= 0.3 is 12.0 Å². The molecular formula is C13H13N3O4. The van der Waals surface area contributed by atoms with Gasteiger partial charge in [0, 0.05) is 18.7 Å². The first-order chi connectivity index (χ1) is 9.67. The van der Waals surface area contributed by atoms with Crippen LogP contribution in [0.5, 0.6) is 5.75 Å². The van der Waals surface area contributed by atoms with Crippen LogP contribution in [0, 0.1) is 5.92 Å². The molecule has 1 saturated heterocycles. The molecule has 1 aromatic heterocycles. The lowest BCUT2D eigenvalue weighted by molar-refractivity contribution is -0.142. The maximum Gasteiger partial charge on any atom is 0.324 e. The summed E-state index contributed by atoms with van der Waals surface area (Å²) in [6.07, 6.45) is 0. The van der Waals surface area contributed by atoms with Crippen LogP contribution in [0.2, 0.25) is 0 Å². The number of carbonyl (C=O) groups is 1. The van der Waals surface area contributed by atoms with Crippen LogP contribution in [0.1, 0.15) is 0 Å². The van der Waals surface area contributed by atoms with Crippen molar-refractivity contribution in [2.24, 2.45) is 5.92 Å². The third kappa shape index (κ3) is 2.18. The Bertz CT molecular complexity index is 617. The van der Waals surface area contributed by atoms with Crippen LogP contribution in [0.3, 0.4) is 0 Å². The largest absolute Gasteiger partial charge is 0.497 e. The molecule has 0 amide bonds. The number of aromatic nitrogens is 2. The van der Waals surface area contributed by atoms with Gasteiger partial charge in [-0.15, -0.1) is 0 Å². The van der Waals surface area contributed by atoms with Crippen LogP contribution in [0.4, 0.5) is 6.01 Å². The van der Waals surface area contributed by atoms with Gasteiger partial charge in [-0.3, -0.25) is 4.79 Å². The number of hydrogen-bond donors (Lipinski definition) is 1. The average molecular weight is 275 g/mol. The zero-order valence-corrected chi connectivity index (χ0v) is 10.8. The minimum atomic E-state index is -0.795. The highest BCUT2D eigenvalue weighted by Crippen LogP contribution is 2.26. The predicted octanol–water partition coefficient (Wildman–Crippen LogP) is 1.27. The Labute approximate surface area is 114 Å². The monoisotopic (exact) mass is 275 g/mol. The molecule has 7 nitrogen and oxygen atoms in total. The highest BCUT2D eigenvalue weighted by molar-refractivity contribution is 5.73. The second kappa shape index (κ2) is 4.84. The van der Waals surface area contributed by atoms with E-state index >= 15 is 0 Å². The summed E-state index contributed by atoms with van der Waals surface area (Å²) >= 11 is 0. The van der Waals surface area contributed by atoms with Crippen molar-refractivity contribution >= 4 is 12.0 Å². The molecule has 0 spiro atoms. The van der Waals surface area contributed by atoms with E-state index in [2.05, 4.69) is 10.1 Å². The summed E-state index contributed by atoms with van der Waals surface area (Å²) in [6, 6.07) is 7.66. The third-order valence-corrected chi connectivity index (χ3v) is 3.26. The number of methoxy groups -OCH3 is 1. The molecule has 2 aromatic rings. The van der Waals surface area contributed by atoms with Crippen molar-refractivity contribution in [2.45, 2.75) is 0 Å². The number of anilines is 1. The Morgan fingerprint density at radius 2 is 2.10 bits per heavy atom. The van der Waals surface area contributed by atoms with Gasteiger partial charge in [-0.05, 0) is 24.3 Å². The number of benzene rings is 1. The molecule has 0 unspecified atom stereocenters. The molecule has 1 aliphatic heterocycles. The van der Waals surface area contributed by atoms with E-state index in [0.29, 0.717) is 24.9 Å². The number of nitrogens with zero attached hydrogens (tertiary/aromatic N) is 3. The predicted molar refractivity (Wildman–Crippen MR) is 69.6 cm³/mol. The second-order valence-corrected chi connectivity index (χ2v) is 4.57. The van der Waals surface area contributed by atoms with Crippen LogP contribution in [0.25, 0.3) is 11.4 Å². The van der Waals surface area contributed by atoms with Crippen molar-refractivity contribution in [1.82, 2.24) is 10.1 Å². The molecule has 1 fully saturated rings. The first kappa shape index (κ1) is 12.5. The van der Waals surface area contributed by atoms with Crippen LogP contribution >= 0.6 is 0 Å². The molecule has 1 aromatic carbocycles. The van der Waals surface area contributed by atoms with Gasteiger partial charge in [0.25, 0.3) is 0 Å². The molecule has 0 bridgehead atoms. The van der Waals surface area contributed by atoms with Gasteiger partial charge in [-0.1, -0.05) is 5.16 Å². The van der Waals surface area contributed by atoms with E-state index in [1.807, 2.05) is 24.3 Å². The molecule has 3 rings (SSSR count). The number of carboxylic acids is 1. The lowest BCUT2D eigenvalue weighted by Gasteiger charge is -2.34. The van der Waals surface area contributed by atoms with Crippen LogP contribution in [-0.2, 0) is 4.79 Å². The number of rotatable bonds is 4. The summed E-state index contributed by atoms with van der Waals surface area (Å²) in [7, 11) is 1.60. The van der Waals surface area contributed by atoms with Gasteiger partial charge in [-0.2, -0.15) is 4.98 Å². The molecule has 0 aliphatic carbocycles. The molecule has 1 aliphatic rings.